The molecule has 0 aromatic heterocycles. The molecule has 41 heavy (non-hydrogen) atoms. The van der Waals surface area contributed by atoms with Gasteiger partial charge in [-0.05, 0) is 57.8 Å². The van der Waals surface area contributed by atoms with Crippen molar-refractivity contribution in [1.29, 1.82) is 5.41 Å². The first kappa shape index (κ1) is 34.6. The average molecular weight is 563 g/mol. The molecular weight excluding hydrogens is 504 g/mol. The van der Waals surface area contributed by atoms with Crippen LogP contribution in [0.25, 0.3) is 0 Å². The van der Waals surface area contributed by atoms with Crippen LogP contribution in [0.4, 0.5) is 0 Å². The Morgan fingerprint density at radius 1 is 0.707 bits per heavy atom. The van der Waals surface area contributed by atoms with E-state index in [1.165, 1.54) is 49.4 Å². The number of rotatable bonds is 4. The molecule has 0 amide bonds. The smallest absolute Gasteiger partial charge is 0.131 e. The van der Waals surface area contributed by atoms with Gasteiger partial charge < -0.3 is 15.3 Å². The van der Waals surface area contributed by atoms with Crippen molar-refractivity contribution in [3.8, 4) is 11.5 Å². The minimum atomic E-state index is -0.122. The second-order valence-electron chi connectivity index (χ2n) is 15.8. The summed E-state index contributed by atoms with van der Waals surface area (Å²) in [5.74, 6) is 1.22. The Kier molecular flexibility index (Phi) is 11.1. The van der Waals surface area contributed by atoms with E-state index in [9.17, 15) is 5.11 Å². The molecule has 0 unspecified atom stereocenters. The van der Waals surface area contributed by atoms with Crippen molar-refractivity contribution in [2.75, 3.05) is 7.11 Å². The van der Waals surface area contributed by atoms with E-state index in [0.29, 0.717) is 11.6 Å². The summed E-state index contributed by atoms with van der Waals surface area (Å²) in [6, 6.07) is 9.02. The number of nitrogens with zero attached hydrogens (tertiary/aromatic N) is 1. The van der Waals surface area contributed by atoms with E-state index in [-0.39, 0.29) is 27.4 Å². The molecule has 1 aliphatic carbocycles. The second kappa shape index (κ2) is 13.1. The van der Waals surface area contributed by atoms with Gasteiger partial charge in [0.25, 0.3) is 0 Å². The van der Waals surface area contributed by atoms with Crippen molar-refractivity contribution in [2.24, 2.45) is 4.99 Å². The molecule has 228 valence electrons. The third-order valence-corrected chi connectivity index (χ3v) is 7.96. The Morgan fingerprint density at radius 3 is 1.59 bits per heavy atom. The van der Waals surface area contributed by atoms with Crippen molar-refractivity contribution in [3.05, 3.63) is 57.6 Å². The van der Waals surface area contributed by atoms with Gasteiger partial charge in [-0.15, -0.1) is 0 Å². The summed E-state index contributed by atoms with van der Waals surface area (Å²) in [6.07, 6.45) is 9.73. The van der Waals surface area contributed by atoms with Crippen molar-refractivity contribution in [3.63, 3.8) is 0 Å². The van der Waals surface area contributed by atoms with E-state index in [2.05, 4.69) is 107 Å². The molecule has 0 bridgehead atoms. The number of phenolic OH excluding ortho intramolecular Hbond substituents is 1. The summed E-state index contributed by atoms with van der Waals surface area (Å²) >= 11 is 0. The maximum absolute atomic E-state index is 10.2. The van der Waals surface area contributed by atoms with Crippen LogP contribution in [0.2, 0.25) is 0 Å². The van der Waals surface area contributed by atoms with Crippen molar-refractivity contribution in [2.45, 2.75) is 143 Å². The van der Waals surface area contributed by atoms with Crippen LogP contribution in [-0.2, 0) is 21.7 Å². The zero-order valence-corrected chi connectivity index (χ0v) is 28.4. The van der Waals surface area contributed by atoms with Crippen LogP contribution >= 0.6 is 0 Å². The first-order chi connectivity index (χ1) is 18.7. The quantitative estimate of drug-likeness (QED) is 0.364. The van der Waals surface area contributed by atoms with E-state index in [1.54, 1.807) is 7.11 Å². The minimum Gasteiger partial charge on any atom is -0.507 e. The maximum atomic E-state index is 10.2. The van der Waals surface area contributed by atoms with Gasteiger partial charge in [-0.3, -0.25) is 4.99 Å². The summed E-state index contributed by atoms with van der Waals surface area (Å²) in [4.78, 5) is 4.90. The number of aromatic hydroxyl groups is 1. The third-order valence-electron chi connectivity index (χ3n) is 7.96. The highest BCUT2D eigenvalue weighted by Crippen LogP contribution is 2.39. The van der Waals surface area contributed by atoms with E-state index in [0.717, 1.165) is 22.4 Å². The second-order valence-corrected chi connectivity index (χ2v) is 15.8. The molecule has 2 aromatic rings. The van der Waals surface area contributed by atoms with Gasteiger partial charge in [0.2, 0.25) is 0 Å². The van der Waals surface area contributed by atoms with E-state index < -0.39 is 0 Å². The Labute approximate surface area is 251 Å². The highest BCUT2D eigenvalue weighted by molar-refractivity contribution is 5.85. The van der Waals surface area contributed by atoms with Crippen LogP contribution in [0.3, 0.4) is 0 Å². The summed E-state index contributed by atoms with van der Waals surface area (Å²) in [7, 11) is 1.78. The number of hydrogen-bond acceptors (Lipinski definition) is 4. The highest BCUT2D eigenvalue weighted by atomic mass is 16.5. The molecule has 0 aliphatic heterocycles. The number of hydrogen-bond donors (Lipinski definition) is 2. The first-order valence-electron chi connectivity index (χ1n) is 15.3. The van der Waals surface area contributed by atoms with E-state index >= 15 is 0 Å². The lowest BCUT2D eigenvalue weighted by molar-refractivity contribution is 0.395. The fourth-order valence-electron chi connectivity index (χ4n) is 5.15. The van der Waals surface area contributed by atoms with Gasteiger partial charge in [0, 0.05) is 40.7 Å². The molecule has 0 radical (unpaired) electrons. The molecule has 3 rings (SSSR count). The van der Waals surface area contributed by atoms with Crippen LogP contribution in [0.5, 0.6) is 11.5 Å². The molecule has 1 aliphatic rings. The van der Waals surface area contributed by atoms with Crippen molar-refractivity contribution in [1.82, 2.24) is 0 Å². The number of ether oxygens (including phenoxy) is 1. The fraction of sp³-hybridized carbons (Fsp3) is 0.622. The number of phenols is 1. The van der Waals surface area contributed by atoms with E-state index in [1.807, 2.05) is 6.07 Å². The SMILES string of the molecule is CC(C)(C)c1cc(C=N)c(O)c(C(C)(C)C)c1.COc1c(C=NC2CCCCC2)cc(C(C)(C)C)cc1C(C)(C)C. The summed E-state index contributed by atoms with van der Waals surface area (Å²) in [5.41, 5.74) is 6.44. The van der Waals surface area contributed by atoms with Crippen molar-refractivity contribution < 1.29 is 9.84 Å². The molecule has 0 atom stereocenters. The van der Waals surface area contributed by atoms with Gasteiger partial charge in [0.05, 0.1) is 7.11 Å². The van der Waals surface area contributed by atoms with Crippen LogP contribution < -0.4 is 4.74 Å². The van der Waals surface area contributed by atoms with Gasteiger partial charge >= 0.3 is 0 Å². The largest absolute Gasteiger partial charge is 0.507 e. The number of methoxy groups -OCH3 is 1. The van der Waals surface area contributed by atoms with Gasteiger partial charge in [-0.2, -0.15) is 0 Å². The number of benzene rings is 2. The summed E-state index contributed by atoms with van der Waals surface area (Å²) in [6.45, 7) is 26.2. The monoisotopic (exact) mass is 562 g/mol. The zero-order chi connectivity index (χ0) is 31.4. The Morgan fingerprint density at radius 2 is 1.17 bits per heavy atom. The normalized spacial score (nSPS) is 15.4. The minimum absolute atomic E-state index is 0.0193. The standard InChI is InChI=1S/C22H35NO.C15H23NO/c1-21(2,3)17-13-16(15-23-18-11-9-8-10-12-18)20(24-7)19(14-17)22(4,5)6;1-14(2,3)11-7-10(9-16)13(17)12(8-11)15(4,5)6/h13-15,18H,8-12H2,1-7H3;7-9,16-17H,1-6H3. The molecule has 4 nitrogen and oxygen atoms in total. The van der Waals surface area contributed by atoms with Crippen LogP contribution in [-0.4, -0.2) is 30.7 Å². The Balaban J connectivity index is 0.000000305. The number of nitrogens with one attached hydrogen (secondary N) is 1. The summed E-state index contributed by atoms with van der Waals surface area (Å²) < 4.78 is 5.82. The lowest BCUT2D eigenvalue weighted by Crippen LogP contribution is -2.19. The maximum Gasteiger partial charge on any atom is 0.131 e. The molecular formula is C37H58N2O2. The molecule has 2 N–H and O–H groups in total. The van der Waals surface area contributed by atoms with Crippen LogP contribution in [0, 0.1) is 5.41 Å². The third kappa shape index (κ3) is 9.45. The molecule has 0 heterocycles. The van der Waals surface area contributed by atoms with Crippen LogP contribution in [0.15, 0.2) is 29.3 Å². The molecule has 1 fully saturated rings. The predicted molar refractivity (Wildman–Crippen MR) is 178 cm³/mol. The lowest BCUT2D eigenvalue weighted by atomic mass is 9.79. The average Bonchev–Trinajstić information content (AvgIpc) is 2.85. The van der Waals surface area contributed by atoms with Crippen LogP contribution in [0.1, 0.15) is 149 Å². The Hall–Kier alpha value is -2.62. The van der Waals surface area contributed by atoms with Crippen molar-refractivity contribution >= 4 is 12.4 Å². The highest BCUT2D eigenvalue weighted by Gasteiger charge is 2.26. The topological polar surface area (TPSA) is 65.7 Å². The zero-order valence-electron chi connectivity index (χ0n) is 28.4. The number of aliphatic imine (C=N–C) groups is 1. The molecule has 1 saturated carbocycles. The predicted octanol–water partition coefficient (Wildman–Crippen LogP) is 10.0. The van der Waals surface area contributed by atoms with Gasteiger partial charge in [0.15, 0.2) is 0 Å². The first-order valence-corrected chi connectivity index (χ1v) is 15.3. The Bertz CT molecular complexity index is 1210. The summed E-state index contributed by atoms with van der Waals surface area (Å²) in [5, 5.41) is 17.6. The molecule has 2 aromatic carbocycles. The molecule has 4 heteroatoms. The van der Waals surface area contributed by atoms with Gasteiger partial charge in [-0.25, -0.2) is 0 Å². The van der Waals surface area contributed by atoms with Gasteiger partial charge in [-0.1, -0.05) is 114 Å². The lowest BCUT2D eigenvalue weighted by Gasteiger charge is -2.28. The molecule has 0 spiro atoms. The molecule has 0 saturated heterocycles. The van der Waals surface area contributed by atoms with E-state index in [4.69, 9.17) is 15.1 Å². The van der Waals surface area contributed by atoms with Gasteiger partial charge in [0.1, 0.15) is 11.5 Å². The fourth-order valence-corrected chi connectivity index (χ4v) is 5.15.